The van der Waals surface area contributed by atoms with Gasteiger partial charge < -0.3 is 20.2 Å². The number of hydrogen-bond donors (Lipinski definition) is 3. The van der Waals surface area contributed by atoms with Gasteiger partial charge in [-0.25, -0.2) is 0 Å². The molecule has 1 aromatic heterocycles. The molecular weight excluding hydrogens is 320 g/mol. The van der Waals surface area contributed by atoms with E-state index in [0.717, 1.165) is 34.6 Å². The molecule has 20 heavy (non-hydrogen) atoms. The average Bonchev–Trinajstić information content (AvgIpc) is 2.92. The maximum atomic E-state index is 8.63. The molecule has 0 radical (unpaired) electrons. The van der Waals surface area contributed by atoms with Crippen LogP contribution in [-0.2, 0) is 6.54 Å². The molecule has 0 atom stereocenters. The number of rotatable bonds is 8. The van der Waals surface area contributed by atoms with Crippen LogP contribution in [0.2, 0.25) is 0 Å². The van der Waals surface area contributed by atoms with Crippen molar-refractivity contribution in [3.05, 3.63) is 46.6 Å². The van der Waals surface area contributed by atoms with E-state index >= 15 is 0 Å². The molecule has 0 fully saturated rings. The molecule has 3 N–H and O–H groups in total. The number of aliphatic hydroxyl groups excluding tert-OH is 1. The Bertz CT molecular complexity index is 511. The zero-order valence-corrected chi connectivity index (χ0v) is 12.8. The van der Waals surface area contributed by atoms with Crippen molar-refractivity contribution in [1.29, 1.82) is 0 Å². The van der Waals surface area contributed by atoms with Crippen molar-refractivity contribution in [2.24, 2.45) is 0 Å². The molecule has 0 amide bonds. The number of aliphatic hydroxyl groups is 1. The summed E-state index contributed by atoms with van der Waals surface area (Å²) in [5, 5.41) is 15.0. The van der Waals surface area contributed by atoms with Crippen LogP contribution in [0.1, 0.15) is 5.76 Å². The fourth-order valence-corrected chi connectivity index (χ4v) is 2.10. The van der Waals surface area contributed by atoms with Crippen LogP contribution in [0.3, 0.4) is 0 Å². The molecule has 0 saturated heterocycles. The molecule has 2 aromatic rings. The predicted octanol–water partition coefficient (Wildman–Crippen LogP) is 2.38. The minimum Gasteiger partial charge on any atom is -0.460 e. The molecule has 5 heteroatoms. The van der Waals surface area contributed by atoms with Crippen molar-refractivity contribution >= 4 is 15.9 Å². The van der Waals surface area contributed by atoms with Crippen LogP contribution >= 0.6 is 15.9 Å². The Balaban J connectivity index is 1.79. The van der Waals surface area contributed by atoms with Gasteiger partial charge in [-0.15, -0.1) is 0 Å². The summed E-state index contributed by atoms with van der Waals surface area (Å²) in [7, 11) is 0. The lowest BCUT2D eigenvalue weighted by Gasteiger charge is -2.04. The van der Waals surface area contributed by atoms with Crippen molar-refractivity contribution in [2.75, 3.05) is 26.2 Å². The highest BCUT2D eigenvalue weighted by Gasteiger charge is 2.04. The molecule has 0 aliphatic carbocycles. The maximum Gasteiger partial charge on any atom is 0.134 e. The minimum absolute atomic E-state index is 0.175. The first-order chi connectivity index (χ1) is 9.79. The van der Waals surface area contributed by atoms with Crippen molar-refractivity contribution in [3.8, 4) is 11.3 Å². The van der Waals surface area contributed by atoms with Gasteiger partial charge in [0.25, 0.3) is 0 Å². The highest BCUT2D eigenvalue weighted by molar-refractivity contribution is 9.10. The number of furan rings is 1. The Morgan fingerprint density at radius 1 is 0.950 bits per heavy atom. The SMILES string of the molecule is OCCNCCNCc1ccc(-c2ccc(Br)cc2)o1. The van der Waals surface area contributed by atoms with Crippen LogP contribution in [0.25, 0.3) is 11.3 Å². The second-order valence-corrected chi connectivity index (χ2v) is 5.34. The number of halogens is 1. The molecule has 4 nitrogen and oxygen atoms in total. The maximum absolute atomic E-state index is 8.63. The third-order valence-electron chi connectivity index (χ3n) is 2.86. The lowest BCUT2D eigenvalue weighted by molar-refractivity contribution is 0.292. The molecule has 0 unspecified atom stereocenters. The van der Waals surface area contributed by atoms with E-state index in [9.17, 15) is 0 Å². The molecule has 1 aromatic carbocycles. The fourth-order valence-electron chi connectivity index (χ4n) is 1.83. The quantitative estimate of drug-likeness (QED) is 0.647. The van der Waals surface area contributed by atoms with Crippen molar-refractivity contribution in [1.82, 2.24) is 10.6 Å². The van der Waals surface area contributed by atoms with Gasteiger partial charge in [-0.3, -0.25) is 0 Å². The van der Waals surface area contributed by atoms with Crippen molar-refractivity contribution < 1.29 is 9.52 Å². The average molecular weight is 339 g/mol. The van der Waals surface area contributed by atoms with Gasteiger partial charge in [0.2, 0.25) is 0 Å². The molecule has 0 spiro atoms. The Morgan fingerprint density at radius 2 is 1.70 bits per heavy atom. The predicted molar refractivity (Wildman–Crippen MR) is 83.5 cm³/mol. The zero-order chi connectivity index (χ0) is 14.2. The number of benzene rings is 1. The highest BCUT2D eigenvalue weighted by atomic mass is 79.9. The van der Waals surface area contributed by atoms with Gasteiger partial charge in [-0.05, 0) is 24.3 Å². The van der Waals surface area contributed by atoms with Crippen LogP contribution in [0, 0.1) is 0 Å². The van der Waals surface area contributed by atoms with E-state index in [1.165, 1.54) is 0 Å². The number of hydrogen-bond acceptors (Lipinski definition) is 4. The van der Waals surface area contributed by atoms with Crippen molar-refractivity contribution in [3.63, 3.8) is 0 Å². The van der Waals surface area contributed by atoms with Gasteiger partial charge in [-0.2, -0.15) is 0 Å². The van der Waals surface area contributed by atoms with Gasteiger partial charge >= 0.3 is 0 Å². The largest absolute Gasteiger partial charge is 0.460 e. The van der Waals surface area contributed by atoms with Crippen LogP contribution < -0.4 is 10.6 Å². The molecule has 0 bridgehead atoms. The monoisotopic (exact) mass is 338 g/mol. The lowest BCUT2D eigenvalue weighted by atomic mass is 10.2. The molecule has 0 aliphatic rings. The second-order valence-electron chi connectivity index (χ2n) is 4.42. The summed E-state index contributed by atoms with van der Waals surface area (Å²) in [6.45, 7) is 3.19. The molecule has 0 aliphatic heterocycles. The first kappa shape index (κ1) is 15.3. The third kappa shape index (κ3) is 4.76. The van der Waals surface area contributed by atoms with Crippen molar-refractivity contribution in [2.45, 2.75) is 6.54 Å². The van der Waals surface area contributed by atoms with E-state index in [1.807, 2.05) is 36.4 Å². The fraction of sp³-hybridized carbons (Fsp3) is 0.333. The lowest BCUT2D eigenvalue weighted by Crippen LogP contribution is -2.28. The standard InChI is InChI=1S/C15H19BrN2O2/c16-13-3-1-12(2-4-13)15-6-5-14(20-15)11-18-8-7-17-9-10-19/h1-6,17-19H,7-11H2. The summed E-state index contributed by atoms with van der Waals surface area (Å²) in [5.41, 5.74) is 1.07. The molecule has 0 saturated carbocycles. The highest BCUT2D eigenvalue weighted by Crippen LogP contribution is 2.23. The van der Waals surface area contributed by atoms with Gasteiger partial charge in [-0.1, -0.05) is 28.1 Å². The summed E-state index contributed by atoms with van der Waals surface area (Å²) >= 11 is 3.42. The van der Waals surface area contributed by atoms with Gasteiger partial charge in [0.05, 0.1) is 13.2 Å². The zero-order valence-electron chi connectivity index (χ0n) is 11.2. The summed E-state index contributed by atoms with van der Waals surface area (Å²) in [6.07, 6.45) is 0. The van der Waals surface area contributed by atoms with Gasteiger partial charge in [0.15, 0.2) is 0 Å². The normalized spacial score (nSPS) is 10.9. The number of nitrogens with one attached hydrogen (secondary N) is 2. The first-order valence-corrected chi connectivity index (χ1v) is 7.46. The third-order valence-corrected chi connectivity index (χ3v) is 3.39. The minimum atomic E-state index is 0.175. The van der Waals surface area contributed by atoms with E-state index in [1.54, 1.807) is 0 Å². The van der Waals surface area contributed by atoms with Gasteiger partial charge in [0.1, 0.15) is 11.5 Å². The summed E-state index contributed by atoms with van der Waals surface area (Å²) in [4.78, 5) is 0. The second kappa shape index (κ2) is 8.21. The summed E-state index contributed by atoms with van der Waals surface area (Å²) < 4.78 is 6.86. The topological polar surface area (TPSA) is 57.4 Å². The molecule has 108 valence electrons. The van der Waals surface area contributed by atoms with E-state index in [4.69, 9.17) is 9.52 Å². The van der Waals surface area contributed by atoms with E-state index in [2.05, 4.69) is 26.6 Å². The smallest absolute Gasteiger partial charge is 0.134 e. The van der Waals surface area contributed by atoms with E-state index < -0.39 is 0 Å². The van der Waals surface area contributed by atoms with E-state index in [0.29, 0.717) is 13.1 Å². The van der Waals surface area contributed by atoms with Crippen LogP contribution in [0.4, 0.5) is 0 Å². The van der Waals surface area contributed by atoms with Crippen LogP contribution in [0.5, 0.6) is 0 Å². The summed E-state index contributed by atoms with van der Waals surface area (Å²) in [6, 6.07) is 12.0. The molecular formula is C15H19BrN2O2. The Labute approximate surface area is 127 Å². The van der Waals surface area contributed by atoms with Crippen LogP contribution in [-0.4, -0.2) is 31.3 Å². The Morgan fingerprint density at radius 3 is 2.45 bits per heavy atom. The Hall–Kier alpha value is -1.14. The summed E-state index contributed by atoms with van der Waals surface area (Å²) in [5.74, 6) is 1.80. The van der Waals surface area contributed by atoms with Gasteiger partial charge in [0, 0.05) is 29.7 Å². The first-order valence-electron chi connectivity index (χ1n) is 6.66. The van der Waals surface area contributed by atoms with Crippen LogP contribution in [0.15, 0.2) is 45.3 Å². The Kier molecular flexibility index (Phi) is 6.26. The molecule has 2 rings (SSSR count). The molecule has 1 heterocycles. The van der Waals surface area contributed by atoms with E-state index in [-0.39, 0.29) is 6.61 Å².